The molecule has 0 aliphatic carbocycles. The maximum Gasteiger partial charge on any atom is 0.416 e. The lowest BCUT2D eigenvalue weighted by Crippen LogP contribution is -2.40. The number of nitrogens with one attached hydrogen (secondary N) is 2. The van der Waals surface area contributed by atoms with E-state index in [0.29, 0.717) is 11.0 Å². The standard InChI is InChI=1S/C15H18F3N3/c1-2-14(5-7-19-8-6-14)13-20-11-4-3-10(15(16,17)18)9-12(11)21-13/h3-4,9,19H,2,5-8H2,1H3,(H,20,21). The predicted octanol–water partition coefficient (Wildman–Crippen LogP) is 3.61. The molecule has 0 spiro atoms. The van der Waals surface area contributed by atoms with E-state index in [1.807, 2.05) is 0 Å². The number of fused-ring (bicyclic) bond motifs is 1. The summed E-state index contributed by atoms with van der Waals surface area (Å²) in [6, 6.07) is 3.69. The van der Waals surface area contributed by atoms with E-state index in [1.54, 1.807) is 0 Å². The Morgan fingerprint density at radius 3 is 2.57 bits per heavy atom. The van der Waals surface area contributed by atoms with Gasteiger partial charge in [0, 0.05) is 5.41 Å². The molecule has 1 fully saturated rings. The lowest BCUT2D eigenvalue weighted by Gasteiger charge is -2.35. The second kappa shape index (κ2) is 5.02. The quantitative estimate of drug-likeness (QED) is 0.889. The summed E-state index contributed by atoms with van der Waals surface area (Å²) in [4.78, 5) is 7.68. The van der Waals surface area contributed by atoms with Crippen LogP contribution in [0.15, 0.2) is 18.2 Å². The Morgan fingerprint density at radius 1 is 1.24 bits per heavy atom. The number of benzene rings is 1. The fourth-order valence-electron chi connectivity index (χ4n) is 3.10. The first-order valence-corrected chi connectivity index (χ1v) is 7.23. The molecule has 114 valence electrons. The normalized spacial score (nSPS) is 19.0. The van der Waals surface area contributed by atoms with Gasteiger partial charge in [0.05, 0.1) is 16.6 Å². The number of hydrogen-bond acceptors (Lipinski definition) is 2. The monoisotopic (exact) mass is 297 g/mol. The van der Waals surface area contributed by atoms with E-state index in [2.05, 4.69) is 22.2 Å². The Bertz CT molecular complexity index is 639. The molecule has 0 atom stereocenters. The van der Waals surface area contributed by atoms with E-state index in [1.165, 1.54) is 6.07 Å². The highest BCUT2D eigenvalue weighted by Gasteiger charge is 2.35. The van der Waals surface area contributed by atoms with Crippen molar-refractivity contribution >= 4 is 11.0 Å². The largest absolute Gasteiger partial charge is 0.416 e. The van der Waals surface area contributed by atoms with Crippen molar-refractivity contribution in [1.82, 2.24) is 15.3 Å². The number of rotatable bonds is 2. The van der Waals surface area contributed by atoms with Crippen LogP contribution in [0, 0.1) is 0 Å². The molecule has 1 aliphatic heterocycles. The first-order chi connectivity index (χ1) is 9.94. The molecular weight excluding hydrogens is 279 g/mol. The van der Waals surface area contributed by atoms with Crippen LogP contribution in [-0.2, 0) is 11.6 Å². The third-order valence-corrected chi connectivity index (χ3v) is 4.55. The Labute approximate surface area is 121 Å². The van der Waals surface area contributed by atoms with Gasteiger partial charge in [0.1, 0.15) is 5.82 Å². The highest BCUT2D eigenvalue weighted by atomic mass is 19.4. The molecule has 1 saturated heterocycles. The highest BCUT2D eigenvalue weighted by Crippen LogP contribution is 2.37. The average molecular weight is 297 g/mol. The van der Waals surface area contributed by atoms with Crippen molar-refractivity contribution in [1.29, 1.82) is 0 Å². The number of halogens is 3. The van der Waals surface area contributed by atoms with Gasteiger partial charge in [-0.15, -0.1) is 0 Å². The van der Waals surface area contributed by atoms with Gasteiger partial charge in [-0.3, -0.25) is 0 Å². The first-order valence-electron chi connectivity index (χ1n) is 7.23. The summed E-state index contributed by atoms with van der Waals surface area (Å²) < 4.78 is 38.3. The number of aromatic amines is 1. The zero-order valence-electron chi connectivity index (χ0n) is 11.8. The van der Waals surface area contributed by atoms with Crippen LogP contribution in [0.25, 0.3) is 11.0 Å². The smallest absolute Gasteiger partial charge is 0.341 e. The van der Waals surface area contributed by atoms with Crippen molar-refractivity contribution in [3.63, 3.8) is 0 Å². The van der Waals surface area contributed by atoms with E-state index >= 15 is 0 Å². The van der Waals surface area contributed by atoms with Crippen LogP contribution >= 0.6 is 0 Å². The third kappa shape index (κ3) is 2.52. The maximum atomic E-state index is 12.8. The molecule has 2 N–H and O–H groups in total. The van der Waals surface area contributed by atoms with Gasteiger partial charge in [-0.05, 0) is 50.6 Å². The van der Waals surface area contributed by atoms with Crippen molar-refractivity contribution in [2.75, 3.05) is 13.1 Å². The van der Waals surface area contributed by atoms with Gasteiger partial charge < -0.3 is 10.3 Å². The predicted molar refractivity (Wildman–Crippen MR) is 75.2 cm³/mol. The molecular formula is C15H18F3N3. The molecule has 0 bridgehead atoms. The van der Waals surface area contributed by atoms with Gasteiger partial charge >= 0.3 is 6.18 Å². The molecule has 2 aromatic rings. The zero-order valence-corrected chi connectivity index (χ0v) is 11.8. The molecule has 21 heavy (non-hydrogen) atoms. The van der Waals surface area contributed by atoms with E-state index in [9.17, 15) is 13.2 Å². The van der Waals surface area contributed by atoms with Gasteiger partial charge in [-0.2, -0.15) is 13.2 Å². The zero-order chi connectivity index (χ0) is 15.1. The molecule has 1 aromatic heterocycles. The maximum absolute atomic E-state index is 12.8. The summed E-state index contributed by atoms with van der Waals surface area (Å²) in [6.07, 6.45) is -1.48. The van der Waals surface area contributed by atoms with Gasteiger partial charge in [-0.25, -0.2) is 4.98 Å². The number of piperidine rings is 1. The summed E-state index contributed by atoms with van der Waals surface area (Å²) >= 11 is 0. The van der Waals surface area contributed by atoms with Gasteiger partial charge in [0.15, 0.2) is 0 Å². The first kappa shape index (κ1) is 14.4. The molecule has 0 amide bonds. The minimum absolute atomic E-state index is 0.0529. The molecule has 0 saturated carbocycles. The summed E-state index contributed by atoms with van der Waals surface area (Å²) in [7, 11) is 0. The van der Waals surface area contributed by atoms with E-state index in [4.69, 9.17) is 0 Å². The summed E-state index contributed by atoms with van der Waals surface area (Å²) in [5.41, 5.74) is 0.374. The molecule has 0 unspecified atom stereocenters. The minimum Gasteiger partial charge on any atom is -0.341 e. The molecule has 0 radical (unpaired) electrons. The Kier molecular flexibility index (Phi) is 3.43. The topological polar surface area (TPSA) is 40.7 Å². The van der Waals surface area contributed by atoms with Crippen molar-refractivity contribution in [2.45, 2.75) is 37.8 Å². The second-order valence-electron chi connectivity index (χ2n) is 5.70. The number of alkyl halides is 3. The fourth-order valence-corrected chi connectivity index (χ4v) is 3.10. The summed E-state index contributed by atoms with van der Waals surface area (Å²) in [5.74, 6) is 0.820. The molecule has 6 heteroatoms. The van der Waals surface area contributed by atoms with E-state index in [-0.39, 0.29) is 5.41 Å². The minimum atomic E-state index is -4.32. The Morgan fingerprint density at radius 2 is 1.95 bits per heavy atom. The number of imidazole rings is 1. The number of hydrogen-bond donors (Lipinski definition) is 2. The summed E-state index contributed by atoms with van der Waals surface area (Å²) in [6.45, 7) is 3.94. The van der Waals surface area contributed by atoms with Crippen LogP contribution in [0.4, 0.5) is 13.2 Å². The molecule has 2 heterocycles. The number of nitrogens with zero attached hydrogens (tertiary/aromatic N) is 1. The average Bonchev–Trinajstić information content (AvgIpc) is 2.90. The Balaban J connectivity index is 2.04. The Hall–Kier alpha value is -1.56. The second-order valence-corrected chi connectivity index (χ2v) is 5.70. The van der Waals surface area contributed by atoms with Crippen LogP contribution in [0.1, 0.15) is 37.6 Å². The lowest BCUT2D eigenvalue weighted by molar-refractivity contribution is -0.137. The molecule has 1 aromatic carbocycles. The van der Waals surface area contributed by atoms with E-state index in [0.717, 1.165) is 50.3 Å². The van der Waals surface area contributed by atoms with Gasteiger partial charge in [-0.1, -0.05) is 6.92 Å². The number of aromatic nitrogens is 2. The van der Waals surface area contributed by atoms with Crippen molar-refractivity contribution in [3.8, 4) is 0 Å². The number of H-pyrrole nitrogens is 1. The highest BCUT2D eigenvalue weighted by molar-refractivity contribution is 5.76. The fraction of sp³-hybridized carbons (Fsp3) is 0.533. The van der Waals surface area contributed by atoms with Crippen LogP contribution in [0.5, 0.6) is 0 Å². The van der Waals surface area contributed by atoms with Crippen molar-refractivity contribution < 1.29 is 13.2 Å². The van der Waals surface area contributed by atoms with Gasteiger partial charge in [0.2, 0.25) is 0 Å². The summed E-state index contributed by atoms with van der Waals surface area (Å²) in [5, 5.41) is 3.32. The van der Waals surface area contributed by atoms with Gasteiger partial charge in [0.25, 0.3) is 0 Å². The van der Waals surface area contributed by atoms with Crippen LogP contribution in [0.2, 0.25) is 0 Å². The molecule has 1 aliphatic rings. The van der Waals surface area contributed by atoms with Crippen molar-refractivity contribution in [2.24, 2.45) is 0 Å². The lowest BCUT2D eigenvalue weighted by atomic mass is 9.76. The molecule has 3 rings (SSSR count). The van der Waals surface area contributed by atoms with E-state index < -0.39 is 11.7 Å². The SMILES string of the molecule is CCC1(c2nc3ccc(C(F)(F)F)cc3[nH]2)CCNCC1. The van der Waals surface area contributed by atoms with Crippen molar-refractivity contribution in [3.05, 3.63) is 29.6 Å². The van der Waals surface area contributed by atoms with Crippen LogP contribution in [0.3, 0.4) is 0 Å². The van der Waals surface area contributed by atoms with Crippen LogP contribution < -0.4 is 5.32 Å². The molecule has 3 nitrogen and oxygen atoms in total. The third-order valence-electron chi connectivity index (χ3n) is 4.55. The van der Waals surface area contributed by atoms with Crippen LogP contribution in [-0.4, -0.2) is 23.1 Å².